The van der Waals surface area contributed by atoms with Crippen LogP contribution in [0.1, 0.15) is 19.5 Å². The van der Waals surface area contributed by atoms with Gasteiger partial charge in [-0.15, -0.1) is 0 Å². The molecule has 0 bridgehead atoms. The summed E-state index contributed by atoms with van der Waals surface area (Å²) in [6, 6.07) is 0.991. The molecular weight excluding hydrogens is 330 g/mol. The molecule has 22 heavy (non-hydrogen) atoms. The summed E-state index contributed by atoms with van der Waals surface area (Å²) in [6.07, 6.45) is 3.48. The number of halogens is 3. The van der Waals surface area contributed by atoms with Crippen LogP contribution in [-0.2, 0) is 6.42 Å². The molecule has 0 aliphatic carbocycles. The highest BCUT2D eigenvalue weighted by molar-refractivity contribution is 6.33. The number of ether oxygens (including phenoxy) is 1. The van der Waals surface area contributed by atoms with Crippen molar-refractivity contribution >= 4 is 29.0 Å². The predicted molar refractivity (Wildman–Crippen MR) is 84.2 cm³/mol. The van der Waals surface area contributed by atoms with Gasteiger partial charge in [0.25, 0.3) is 5.88 Å². The summed E-state index contributed by atoms with van der Waals surface area (Å²) in [4.78, 5) is 12.0. The third-order valence-corrected chi connectivity index (χ3v) is 3.43. The van der Waals surface area contributed by atoms with Crippen molar-refractivity contribution in [3.63, 3.8) is 0 Å². The van der Waals surface area contributed by atoms with Crippen molar-refractivity contribution < 1.29 is 9.13 Å². The Morgan fingerprint density at radius 1 is 1.32 bits per heavy atom. The van der Waals surface area contributed by atoms with E-state index in [0.717, 1.165) is 11.8 Å². The van der Waals surface area contributed by atoms with Crippen LogP contribution in [0.5, 0.6) is 5.88 Å². The van der Waals surface area contributed by atoms with Crippen molar-refractivity contribution in [1.82, 2.24) is 15.0 Å². The zero-order valence-electron chi connectivity index (χ0n) is 12.1. The van der Waals surface area contributed by atoms with E-state index in [-0.39, 0.29) is 23.6 Å². The lowest BCUT2D eigenvalue weighted by Gasteiger charge is -2.16. The van der Waals surface area contributed by atoms with Gasteiger partial charge in [-0.1, -0.05) is 30.1 Å². The van der Waals surface area contributed by atoms with Crippen molar-refractivity contribution in [2.24, 2.45) is 0 Å². The van der Waals surface area contributed by atoms with Gasteiger partial charge in [0.05, 0.1) is 16.8 Å². The Balaban J connectivity index is 1.97. The quantitative estimate of drug-likeness (QED) is 0.864. The molecule has 0 radical (unpaired) electrons. The number of hydrogen-bond donors (Lipinski definition) is 1. The monoisotopic (exact) mass is 344 g/mol. The Kier molecular flexibility index (Phi) is 5.74. The Bertz CT molecular complexity index is 657. The Hall–Kier alpha value is -1.66. The maximum atomic E-state index is 13.6. The van der Waals surface area contributed by atoms with Crippen LogP contribution in [0, 0.1) is 5.82 Å². The second-order valence-electron chi connectivity index (χ2n) is 4.63. The molecule has 1 unspecified atom stereocenters. The van der Waals surface area contributed by atoms with Crippen LogP contribution in [0.2, 0.25) is 10.0 Å². The molecule has 2 aromatic rings. The number of hydrogen-bond acceptors (Lipinski definition) is 5. The van der Waals surface area contributed by atoms with Crippen LogP contribution in [0.15, 0.2) is 18.6 Å². The van der Waals surface area contributed by atoms with Gasteiger partial charge in [-0.3, -0.25) is 0 Å². The summed E-state index contributed by atoms with van der Waals surface area (Å²) in [6.45, 7) is 4.00. The highest BCUT2D eigenvalue weighted by atomic mass is 35.5. The first kappa shape index (κ1) is 16.7. The Labute approximate surface area is 137 Å². The van der Waals surface area contributed by atoms with Crippen LogP contribution in [0.25, 0.3) is 0 Å². The van der Waals surface area contributed by atoms with E-state index in [1.807, 2.05) is 13.8 Å². The van der Waals surface area contributed by atoms with E-state index >= 15 is 0 Å². The van der Waals surface area contributed by atoms with Gasteiger partial charge in [0.1, 0.15) is 23.8 Å². The summed E-state index contributed by atoms with van der Waals surface area (Å²) in [5, 5.41) is 3.80. The molecule has 0 amide bonds. The van der Waals surface area contributed by atoms with Crippen LogP contribution in [-0.4, -0.2) is 27.6 Å². The smallest absolute Gasteiger partial charge is 0.250 e. The minimum absolute atomic E-state index is 0.0962. The van der Waals surface area contributed by atoms with Gasteiger partial charge in [-0.2, -0.15) is 0 Å². The van der Waals surface area contributed by atoms with Crippen molar-refractivity contribution in [3.8, 4) is 5.88 Å². The SMILES string of the molecule is CCc1ncnc(NC(C)COc2ncc(Cl)cc2F)c1Cl. The van der Waals surface area contributed by atoms with E-state index in [1.54, 1.807) is 0 Å². The fraction of sp³-hybridized carbons (Fsp3) is 0.357. The third kappa shape index (κ3) is 4.18. The van der Waals surface area contributed by atoms with E-state index in [0.29, 0.717) is 17.3 Å². The summed E-state index contributed by atoms with van der Waals surface area (Å²) in [5.74, 6) is -0.178. The van der Waals surface area contributed by atoms with Gasteiger partial charge in [0.2, 0.25) is 0 Å². The predicted octanol–water partition coefficient (Wildman–Crippen LogP) is 3.76. The number of anilines is 1. The highest BCUT2D eigenvalue weighted by Gasteiger charge is 2.12. The number of rotatable bonds is 6. The molecule has 0 fully saturated rings. The van der Waals surface area contributed by atoms with Crippen LogP contribution >= 0.6 is 23.2 Å². The summed E-state index contributed by atoms with van der Waals surface area (Å²) in [7, 11) is 0. The van der Waals surface area contributed by atoms with Gasteiger partial charge in [-0.25, -0.2) is 19.3 Å². The van der Waals surface area contributed by atoms with Crippen LogP contribution < -0.4 is 10.1 Å². The van der Waals surface area contributed by atoms with Gasteiger partial charge in [0.15, 0.2) is 5.82 Å². The van der Waals surface area contributed by atoms with Gasteiger partial charge < -0.3 is 10.1 Å². The average Bonchev–Trinajstić information content (AvgIpc) is 2.48. The first-order valence-electron chi connectivity index (χ1n) is 6.71. The fourth-order valence-corrected chi connectivity index (χ4v) is 2.17. The van der Waals surface area contributed by atoms with E-state index in [9.17, 15) is 4.39 Å². The first-order chi connectivity index (χ1) is 10.5. The molecule has 2 heterocycles. The molecule has 8 heteroatoms. The zero-order valence-corrected chi connectivity index (χ0v) is 13.6. The van der Waals surface area contributed by atoms with Crippen molar-refractivity contribution in [3.05, 3.63) is 40.1 Å². The number of pyridine rings is 1. The second-order valence-corrected chi connectivity index (χ2v) is 5.45. The molecule has 2 aromatic heterocycles. The number of nitrogens with one attached hydrogen (secondary N) is 1. The van der Waals surface area contributed by atoms with Crippen molar-refractivity contribution in [2.45, 2.75) is 26.3 Å². The number of nitrogens with zero attached hydrogens (tertiary/aromatic N) is 3. The lowest BCUT2D eigenvalue weighted by molar-refractivity contribution is 0.277. The maximum absolute atomic E-state index is 13.6. The molecule has 0 aliphatic heterocycles. The van der Waals surface area contributed by atoms with E-state index in [4.69, 9.17) is 27.9 Å². The second kappa shape index (κ2) is 7.56. The van der Waals surface area contributed by atoms with Crippen molar-refractivity contribution in [2.75, 3.05) is 11.9 Å². The van der Waals surface area contributed by atoms with Crippen LogP contribution in [0.3, 0.4) is 0 Å². The minimum atomic E-state index is -0.604. The summed E-state index contributed by atoms with van der Waals surface area (Å²) < 4.78 is 18.9. The Morgan fingerprint density at radius 2 is 2.09 bits per heavy atom. The summed E-state index contributed by atoms with van der Waals surface area (Å²) >= 11 is 11.8. The summed E-state index contributed by atoms with van der Waals surface area (Å²) in [5.41, 5.74) is 0.762. The molecule has 0 aromatic carbocycles. The number of aromatic nitrogens is 3. The van der Waals surface area contributed by atoms with Gasteiger partial charge in [0, 0.05) is 6.20 Å². The molecule has 0 saturated carbocycles. The highest BCUT2D eigenvalue weighted by Crippen LogP contribution is 2.23. The van der Waals surface area contributed by atoms with E-state index in [1.165, 1.54) is 12.5 Å². The van der Waals surface area contributed by atoms with E-state index < -0.39 is 5.82 Å². The molecule has 0 spiro atoms. The lowest BCUT2D eigenvalue weighted by atomic mass is 10.3. The Morgan fingerprint density at radius 3 is 2.77 bits per heavy atom. The first-order valence-corrected chi connectivity index (χ1v) is 7.46. The molecule has 2 rings (SSSR count). The molecule has 0 saturated heterocycles. The average molecular weight is 345 g/mol. The number of aryl methyl sites for hydroxylation is 1. The molecule has 1 atom stereocenters. The van der Waals surface area contributed by atoms with Crippen molar-refractivity contribution in [1.29, 1.82) is 0 Å². The largest absolute Gasteiger partial charge is 0.473 e. The van der Waals surface area contributed by atoms with Gasteiger partial charge >= 0.3 is 0 Å². The topological polar surface area (TPSA) is 59.9 Å². The fourth-order valence-electron chi connectivity index (χ4n) is 1.74. The van der Waals surface area contributed by atoms with Gasteiger partial charge in [-0.05, 0) is 19.4 Å². The lowest BCUT2D eigenvalue weighted by Crippen LogP contribution is -2.25. The minimum Gasteiger partial charge on any atom is -0.473 e. The van der Waals surface area contributed by atoms with Crippen LogP contribution in [0.4, 0.5) is 10.2 Å². The normalized spacial score (nSPS) is 12.0. The standard InChI is InChI=1S/C14H15Cl2FN4O/c1-3-11-12(16)13(20-7-19-11)21-8(2)6-22-14-10(17)4-9(15)5-18-14/h4-5,7-8H,3,6H2,1-2H3,(H,19,20,21). The molecular formula is C14H15Cl2FN4O. The van der Waals surface area contributed by atoms with E-state index in [2.05, 4.69) is 20.3 Å². The molecule has 0 aliphatic rings. The maximum Gasteiger partial charge on any atom is 0.250 e. The molecule has 5 nitrogen and oxygen atoms in total. The molecule has 1 N–H and O–H groups in total. The molecule has 118 valence electrons. The zero-order chi connectivity index (χ0) is 16.1. The third-order valence-electron chi connectivity index (χ3n) is 2.82.